The van der Waals surface area contributed by atoms with E-state index in [-0.39, 0.29) is 30.8 Å². The Bertz CT molecular complexity index is 238. The van der Waals surface area contributed by atoms with Crippen LogP contribution in [-0.2, 0) is 23.8 Å². The predicted octanol–water partition coefficient (Wildman–Crippen LogP) is 0.660. The first kappa shape index (κ1) is 12.0. The van der Waals surface area contributed by atoms with Crippen molar-refractivity contribution in [2.75, 3.05) is 13.2 Å². The predicted molar refractivity (Wildman–Crippen MR) is 51.2 cm³/mol. The van der Waals surface area contributed by atoms with Crippen molar-refractivity contribution in [1.82, 2.24) is 0 Å². The summed E-state index contributed by atoms with van der Waals surface area (Å²) in [7, 11) is 0. The molecule has 1 unspecified atom stereocenters. The summed E-state index contributed by atoms with van der Waals surface area (Å²) in [6.07, 6.45) is 0.988. The van der Waals surface area contributed by atoms with Crippen LogP contribution in [0, 0.1) is 0 Å². The Kier molecular flexibility index (Phi) is 4.55. The standard InChI is InChI=1S/C10H16O5/c1-7(11)14-6-10-9(15-8(2)12)4-3-5-13-10/h9-10H,3-6H2,1-2H3/t9-,10?/m0/s1. The molecule has 0 bridgehead atoms. The first-order valence-corrected chi connectivity index (χ1v) is 5.02. The molecule has 1 fully saturated rings. The van der Waals surface area contributed by atoms with Crippen LogP contribution in [0.15, 0.2) is 0 Å². The van der Waals surface area contributed by atoms with Crippen LogP contribution in [0.1, 0.15) is 26.7 Å². The third-order valence-electron chi connectivity index (χ3n) is 2.15. The van der Waals surface area contributed by atoms with Gasteiger partial charge < -0.3 is 14.2 Å². The van der Waals surface area contributed by atoms with E-state index in [2.05, 4.69) is 0 Å². The molecule has 1 heterocycles. The van der Waals surface area contributed by atoms with Gasteiger partial charge in [-0.05, 0) is 12.8 Å². The summed E-state index contributed by atoms with van der Waals surface area (Å²) >= 11 is 0. The highest BCUT2D eigenvalue weighted by Gasteiger charge is 2.29. The molecule has 0 radical (unpaired) electrons. The molecular weight excluding hydrogens is 200 g/mol. The van der Waals surface area contributed by atoms with E-state index < -0.39 is 0 Å². The minimum atomic E-state index is -0.356. The maximum absolute atomic E-state index is 10.8. The van der Waals surface area contributed by atoms with E-state index in [1.165, 1.54) is 13.8 Å². The molecule has 0 aromatic heterocycles. The molecule has 0 N–H and O–H groups in total. The van der Waals surface area contributed by atoms with Crippen LogP contribution in [0.25, 0.3) is 0 Å². The number of rotatable bonds is 3. The van der Waals surface area contributed by atoms with Crippen molar-refractivity contribution < 1.29 is 23.8 Å². The van der Waals surface area contributed by atoms with Crippen LogP contribution in [-0.4, -0.2) is 37.4 Å². The molecule has 1 aliphatic rings. The lowest BCUT2D eigenvalue weighted by atomic mass is 10.1. The van der Waals surface area contributed by atoms with Crippen molar-refractivity contribution in [1.29, 1.82) is 0 Å². The molecule has 0 aliphatic carbocycles. The second-order valence-electron chi connectivity index (χ2n) is 3.50. The summed E-state index contributed by atoms with van der Waals surface area (Å²) in [5.74, 6) is -0.691. The molecule has 1 saturated heterocycles. The van der Waals surface area contributed by atoms with Crippen molar-refractivity contribution in [3.05, 3.63) is 0 Å². The van der Waals surface area contributed by atoms with E-state index in [1.54, 1.807) is 0 Å². The molecule has 15 heavy (non-hydrogen) atoms. The lowest BCUT2D eigenvalue weighted by Gasteiger charge is -2.30. The van der Waals surface area contributed by atoms with Gasteiger partial charge in [0.15, 0.2) is 0 Å². The maximum Gasteiger partial charge on any atom is 0.302 e. The Labute approximate surface area is 88.7 Å². The molecule has 86 valence electrons. The first-order chi connectivity index (χ1) is 7.09. The molecule has 0 saturated carbocycles. The average Bonchev–Trinajstić information content (AvgIpc) is 2.15. The molecule has 1 rings (SSSR count). The SMILES string of the molecule is CC(=O)OCC1OCCC[C@@H]1OC(C)=O. The minimum Gasteiger partial charge on any atom is -0.463 e. The van der Waals surface area contributed by atoms with E-state index in [1.807, 2.05) is 0 Å². The number of hydrogen-bond acceptors (Lipinski definition) is 5. The van der Waals surface area contributed by atoms with Gasteiger partial charge in [0.25, 0.3) is 0 Å². The molecule has 0 aromatic rings. The first-order valence-electron chi connectivity index (χ1n) is 5.02. The topological polar surface area (TPSA) is 61.8 Å². The molecule has 5 heteroatoms. The highest BCUT2D eigenvalue weighted by molar-refractivity contribution is 5.66. The summed E-state index contributed by atoms with van der Waals surface area (Å²) in [5, 5.41) is 0. The van der Waals surface area contributed by atoms with Gasteiger partial charge in [-0.15, -0.1) is 0 Å². The Morgan fingerprint density at radius 1 is 1.33 bits per heavy atom. The van der Waals surface area contributed by atoms with Gasteiger partial charge in [0.1, 0.15) is 18.8 Å². The van der Waals surface area contributed by atoms with Gasteiger partial charge in [-0.3, -0.25) is 9.59 Å². The molecule has 1 aliphatic heterocycles. The normalized spacial score (nSPS) is 25.7. The number of hydrogen-bond donors (Lipinski definition) is 0. The van der Waals surface area contributed by atoms with Crippen LogP contribution in [0.4, 0.5) is 0 Å². The van der Waals surface area contributed by atoms with Crippen molar-refractivity contribution >= 4 is 11.9 Å². The van der Waals surface area contributed by atoms with Crippen LogP contribution in [0.5, 0.6) is 0 Å². The van der Waals surface area contributed by atoms with E-state index in [0.717, 1.165) is 12.8 Å². The average molecular weight is 216 g/mol. The molecule has 0 aromatic carbocycles. The Morgan fingerprint density at radius 3 is 2.67 bits per heavy atom. The lowest BCUT2D eigenvalue weighted by molar-refractivity contribution is -0.170. The van der Waals surface area contributed by atoms with Gasteiger partial charge in [-0.2, -0.15) is 0 Å². The third kappa shape index (κ3) is 4.29. The zero-order valence-corrected chi connectivity index (χ0v) is 9.02. The van der Waals surface area contributed by atoms with Crippen molar-refractivity contribution in [3.8, 4) is 0 Å². The molecule has 2 atom stereocenters. The minimum absolute atomic E-state index is 0.146. The molecule has 5 nitrogen and oxygen atoms in total. The second-order valence-corrected chi connectivity index (χ2v) is 3.50. The largest absolute Gasteiger partial charge is 0.463 e. The summed E-state index contributed by atoms with van der Waals surface area (Å²) in [5.41, 5.74) is 0. The Morgan fingerprint density at radius 2 is 2.07 bits per heavy atom. The van der Waals surface area contributed by atoms with Crippen molar-refractivity contribution in [2.24, 2.45) is 0 Å². The fourth-order valence-corrected chi connectivity index (χ4v) is 1.52. The maximum atomic E-state index is 10.8. The van der Waals surface area contributed by atoms with Gasteiger partial charge in [0, 0.05) is 20.5 Å². The fraction of sp³-hybridized carbons (Fsp3) is 0.800. The van der Waals surface area contributed by atoms with E-state index >= 15 is 0 Å². The zero-order valence-electron chi connectivity index (χ0n) is 9.02. The van der Waals surface area contributed by atoms with Crippen molar-refractivity contribution in [2.45, 2.75) is 38.9 Å². The van der Waals surface area contributed by atoms with Gasteiger partial charge in [0.05, 0.1) is 0 Å². The van der Waals surface area contributed by atoms with Crippen LogP contribution in [0.3, 0.4) is 0 Å². The van der Waals surface area contributed by atoms with Crippen LogP contribution in [0.2, 0.25) is 0 Å². The molecular formula is C10H16O5. The van der Waals surface area contributed by atoms with Crippen LogP contribution < -0.4 is 0 Å². The molecule has 0 amide bonds. The monoisotopic (exact) mass is 216 g/mol. The van der Waals surface area contributed by atoms with Gasteiger partial charge in [0.2, 0.25) is 0 Å². The highest BCUT2D eigenvalue weighted by atomic mass is 16.6. The number of esters is 2. The Balaban J connectivity index is 2.42. The summed E-state index contributed by atoms with van der Waals surface area (Å²) < 4.78 is 15.3. The Hall–Kier alpha value is -1.10. The second kappa shape index (κ2) is 5.70. The number of carbonyl (C=O) groups excluding carboxylic acids is 2. The van der Waals surface area contributed by atoms with E-state index in [9.17, 15) is 9.59 Å². The van der Waals surface area contributed by atoms with E-state index in [4.69, 9.17) is 14.2 Å². The zero-order chi connectivity index (χ0) is 11.3. The van der Waals surface area contributed by atoms with Gasteiger partial charge in [-0.1, -0.05) is 0 Å². The number of carbonyl (C=O) groups is 2. The smallest absolute Gasteiger partial charge is 0.302 e. The number of ether oxygens (including phenoxy) is 3. The summed E-state index contributed by atoms with van der Waals surface area (Å²) in [6, 6.07) is 0. The van der Waals surface area contributed by atoms with Crippen LogP contribution >= 0.6 is 0 Å². The summed E-state index contributed by atoms with van der Waals surface area (Å²) in [6.45, 7) is 3.46. The lowest BCUT2D eigenvalue weighted by Crippen LogP contribution is -2.40. The summed E-state index contributed by atoms with van der Waals surface area (Å²) in [4.78, 5) is 21.4. The van der Waals surface area contributed by atoms with Gasteiger partial charge in [-0.25, -0.2) is 0 Å². The third-order valence-corrected chi connectivity index (χ3v) is 2.15. The fourth-order valence-electron chi connectivity index (χ4n) is 1.52. The quantitative estimate of drug-likeness (QED) is 0.648. The highest BCUT2D eigenvalue weighted by Crippen LogP contribution is 2.17. The molecule has 0 spiro atoms. The van der Waals surface area contributed by atoms with E-state index in [0.29, 0.717) is 6.61 Å². The van der Waals surface area contributed by atoms with Gasteiger partial charge >= 0.3 is 11.9 Å². The van der Waals surface area contributed by atoms with Crippen molar-refractivity contribution in [3.63, 3.8) is 0 Å².